The predicted octanol–water partition coefficient (Wildman–Crippen LogP) is 2.72. The van der Waals surface area contributed by atoms with Crippen LogP contribution < -0.4 is 5.32 Å². The molecule has 6 nitrogen and oxygen atoms in total. The molecule has 0 aliphatic carbocycles. The van der Waals surface area contributed by atoms with Crippen molar-refractivity contribution in [3.05, 3.63) is 59.7 Å². The second-order valence-electron chi connectivity index (χ2n) is 5.98. The molecule has 0 aliphatic heterocycles. The molecule has 0 saturated heterocycles. The van der Waals surface area contributed by atoms with Gasteiger partial charge in [0.1, 0.15) is 17.5 Å². The fourth-order valence-corrected chi connectivity index (χ4v) is 2.80. The maximum atomic E-state index is 4.27. The zero-order chi connectivity index (χ0) is 17.1. The van der Waals surface area contributed by atoms with Crippen LogP contribution in [-0.2, 0) is 20.0 Å². The average Bonchev–Trinajstić information content (AvgIpc) is 3.18. The van der Waals surface area contributed by atoms with Gasteiger partial charge in [-0.15, -0.1) is 10.2 Å². The van der Waals surface area contributed by atoms with Crippen molar-refractivity contribution < 1.29 is 0 Å². The normalized spacial score (nSPS) is 12.5. The standard InChI is InChI=1S/C18H24N6/c1-5-17-21-22-18(23(17)4)12-20-13(2)15-6-8-16(9-7-15)24-11-10-19-14(24)3/h6-11,13,20H,5,12H2,1-4H3/t13-/m1/s1. The summed E-state index contributed by atoms with van der Waals surface area (Å²) >= 11 is 0. The number of hydrogen-bond donors (Lipinski definition) is 1. The SMILES string of the molecule is CCc1nnc(CN[C@H](C)c2ccc(-n3ccnc3C)cc2)n1C. The third kappa shape index (κ3) is 3.23. The molecule has 126 valence electrons. The predicted molar refractivity (Wildman–Crippen MR) is 93.9 cm³/mol. The van der Waals surface area contributed by atoms with Crippen LogP contribution in [0.2, 0.25) is 0 Å². The monoisotopic (exact) mass is 324 g/mol. The first-order valence-electron chi connectivity index (χ1n) is 8.31. The van der Waals surface area contributed by atoms with Crippen LogP contribution >= 0.6 is 0 Å². The lowest BCUT2D eigenvalue weighted by Gasteiger charge is -2.15. The van der Waals surface area contributed by atoms with Crippen molar-refractivity contribution in [1.29, 1.82) is 0 Å². The van der Waals surface area contributed by atoms with E-state index in [1.165, 1.54) is 5.56 Å². The van der Waals surface area contributed by atoms with Gasteiger partial charge in [0, 0.05) is 37.6 Å². The third-order valence-corrected chi connectivity index (χ3v) is 4.43. The fourth-order valence-electron chi connectivity index (χ4n) is 2.80. The van der Waals surface area contributed by atoms with E-state index in [4.69, 9.17) is 0 Å². The Hall–Kier alpha value is -2.47. The first-order valence-corrected chi connectivity index (χ1v) is 8.31. The summed E-state index contributed by atoms with van der Waals surface area (Å²) in [6.07, 6.45) is 4.69. The molecule has 3 aromatic rings. The van der Waals surface area contributed by atoms with Gasteiger partial charge in [-0.2, -0.15) is 0 Å². The molecule has 1 aromatic carbocycles. The smallest absolute Gasteiger partial charge is 0.146 e. The van der Waals surface area contributed by atoms with Gasteiger partial charge in [0.05, 0.1) is 6.54 Å². The Labute approximate surface area is 142 Å². The van der Waals surface area contributed by atoms with Gasteiger partial charge in [-0.1, -0.05) is 19.1 Å². The van der Waals surface area contributed by atoms with Crippen molar-refractivity contribution >= 4 is 0 Å². The van der Waals surface area contributed by atoms with Crippen LogP contribution in [0.25, 0.3) is 5.69 Å². The summed E-state index contributed by atoms with van der Waals surface area (Å²) in [5.41, 5.74) is 2.37. The molecule has 2 aromatic heterocycles. The minimum atomic E-state index is 0.240. The Bertz CT molecular complexity index is 799. The highest BCUT2D eigenvalue weighted by Crippen LogP contribution is 2.17. The van der Waals surface area contributed by atoms with E-state index in [0.717, 1.165) is 29.6 Å². The Morgan fingerprint density at radius 3 is 2.42 bits per heavy atom. The molecule has 0 bridgehead atoms. The van der Waals surface area contributed by atoms with Crippen LogP contribution in [0.15, 0.2) is 36.7 Å². The van der Waals surface area contributed by atoms with E-state index in [0.29, 0.717) is 6.54 Å². The maximum absolute atomic E-state index is 4.27. The molecule has 1 atom stereocenters. The minimum Gasteiger partial charge on any atom is -0.317 e. The van der Waals surface area contributed by atoms with E-state index in [2.05, 4.69) is 67.7 Å². The van der Waals surface area contributed by atoms with Crippen molar-refractivity contribution in [2.45, 2.75) is 39.8 Å². The van der Waals surface area contributed by atoms with Gasteiger partial charge < -0.3 is 14.5 Å². The zero-order valence-electron chi connectivity index (χ0n) is 14.7. The lowest BCUT2D eigenvalue weighted by Crippen LogP contribution is -2.20. The summed E-state index contributed by atoms with van der Waals surface area (Å²) in [5, 5.41) is 12.0. The Morgan fingerprint density at radius 1 is 1.12 bits per heavy atom. The molecule has 0 spiro atoms. The van der Waals surface area contributed by atoms with E-state index in [1.54, 1.807) is 0 Å². The van der Waals surface area contributed by atoms with E-state index in [-0.39, 0.29) is 6.04 Å². The molecule has 0 fully saturated rings. The molecule has 6 heteroatoms. The van der Waals surface area contributed by atoms with Gasteiger partial charge in [-0.25, -0.2) is 4.98 Å². The Balaban J connectivity index is 1.66. The summed E-state index contributed by atoms with van der Waals surface area (Å²) in [5.74, 6) is 2.96. The first-order chi connectivity index (χ1) is 11.6. The summed E-state index contributed by atoms with van der Waals surface area (Å²) < 4.78 is 4.14. The van der Waals surface area contributed by atoms with Gasteiger partial charge in [0.2, 0.25) is 0 Å². The molecule has 24 heavy (non-hydrogen) atoms. The number of aryl methyl sites for hydroxylation is 2. The van der Waals surface area contributed by atoms with Crippen LogP contribution in [0.5, 0.6) is 0 Å². The Morgan fingerprint density at radius 2 is 1.83 bits per heavy atom. The second kappa shape index (κ2) is 6.97. The topological polar surface area (TPSA) is 60.6 Å². The van der Waals surface area contributed by atoms with Crippen LogP contribution in [0.1, 0.15) is 42.9 Å². The molecule has 0 unspecified atom stereocenters. The highest BCUT2D eigenvalue weighted by Gasteiger charge is 2.10. The minimum absolute atomic E-state index is 0.240. The third-order valence-electron chi connectivity index (χ3n) is 4.43. The van der Waals surface area contributed by atoms with Crippen molar-refractivity contribution in [2.75, 3.05) is 0 Å². The largest absolute Gasteiger partial charge is 0.317 e. The van der Waals surface area contributed by atoms with Crippen molar-refractivity contribution in [3.8, 4) is 5.69 Å². The molecule has 0 aliphatic rings. The van der Waals surface area contributed by atoms with Crippen LogP contribution in [0.4, 0.5) is 0 Å². The molecular weight excluding hydrogens is 300 g/mol. The van der Waals surface area contributed by atoms with E-state index in [1.807, 2.05) is 26.4 Å². The number of benzene rings is 1. The molecule has 0 saturated carbocycles. The summed E-state index contributed by atoms with van der Waals surface area (Å²) in [6, 6.07) is 8.80. The number of imidazole rings is 1. The van der Waals surface area contributed by atoms with E-state index >= 15 is 0 Å². The molecular formula is C18H24N6. The van der Waals surface area contributed by atoms with Crippen molar-refractivity contribution in [2.24, 2.45) is 7.05 Å². The summed E-state index contributed by atoms with van der Waals surface area (Å²) in [6.45, 7) is 6.96. The lowest BCUT2D eigenvalue weighted by molar-refractivity contribution is 0.546. The molecule has 0 amide bonds. The van der Waals surface area contributed by atoms with E-state index < -0.39 is 0 Å². The van der Waals surface area contributed by atoms with E-state index in [9.17, 15) is 0 Å². The highest BCUT2D eigenvalue weighted by molar-refractivity contribution is 5.36. The fraction of sp³-hybridized carbons (Fsp3) is 0.389. The van der Waals surface area contributed by atoms with Crippen LogP contribution in [0, 0.1) is 6.92 Å². The Kier molecular flexibility index (Phi) is 4.76. The van der Waals surface area contributed by atoms with Crippen LogP contribution in [0.3, 0.4) is 0 Å². The van der Waals surface area contributed by atoms with Gasteiger partial charge >= 0.3 is 0 Å². The average molecular weight is 324 g/mol. The van der Waals surface area contributed by atoms with Crippen molar-refractivity contribution in [3.63, 3.8) is 0 Å². The van der Waals surface area contributed by atoms with Gasteiger partial charge in [-0.3, -0.25) is 0 Å². The number of aromatic nitrogens is 5. The quantitative estimate of drug-likeness (QED) is 0.757. The summed E-state index contributed by atoms with van der Waals surface area (Å²) in [4.78, 5) is 4.27. The zero-order valence-corrected chi connectivity index (χ0v) is 14.7. The molecule has 1 N–H and O–H groups in total. The molecule has 2 heterocycles. The van der Waals surface area contributed by atoms with Crippen molar-refractivity contribution in [1.82, 2.24) is 29.6 Å². The number of rotatable bonds is 6. The first kappa shape index (κ1) is 16.4. The second-order valence-corrected chi connectivity index (χ2v) is 5.98. The number of nitrogens with one attached hydrogen (secondary N) is 1. The maximum Gasteiger partial charge on any atom is 0.146 e. The molecule has 3 rings (SSSR count). The molecule has 0 radical (unpaired) electrons. The lowest BCUT2D eigenvalue weighted by atomic mass is 10.1. The highest BCUT2D eigenvalue weighted by atomic mass is 15.3. The van der Waals surface area contributed by atoms with Gasteiger partial charge in [0.15, 0.2) is 0 Å². The van der Waals surface area contributed by atoms with Gasteiger partial charge in [-0.05, 0) is 31.5 Å². The van der Waals surface area contributed by atoms with Crippen LogP contribution in [-0.4, -0.2) is 24.3 Å². The summed E-state index contributed by atoms with van der Waals surface area (Å²) in [7, 11) is 2.02. The number of nitrogens with zero attached hydrogens (tertiary/aromatic N) is 5. The van der Waals surface area contributed by atoms with Gasteiger partial charge in [0.25, 0.3) is 0 Å². The number of hydrogen-bond acceptors (Lipinski definition) is 4.